The fourth-order valence-electron chi connectivity index (χ4n) is 2.71. The van der Waals surface area contributed by atoms with E-state index in [1.54, 1.807) is 23.4 Å². The van der Waals surface area contributed by atoms with Crippen LogP contribution >= 0.6 is 0 Å². The molecule has 6 heteroatoms. The Morgan fingerprint density at radius 1 is 1.08 bits per heavy atom. The van der Waals surface area contributed by atoms with Gasteiger partial charge in [0.2, 0.25) is 0 Å². The molecule has 25 heavy (non-hydrogen) atoms. The quantitative estimate of drug-likeness (QED) is 0.624. The molecule has 122 valence electrons. The van der Waals surface area contributed by atoms with Crippen LogP contribution < -0.4 is 4.90 Å². The number of hydrogen-bond acceptors (Lipinski definition) is 4. The monoisotopic (exact) mass is 329 g/mol. The minimum atomic E-state index is -0.141. The molecule has 0 saturated carbocycles. The Morgan fingerprint density at radius 2 is 1.96 bits per heavy atom. The number of benzene rings is 2. The number of carbonyl (C=O) groups excluding carboxylic acids is 1. The number of aromatic nitrogens is 4. The summed E-state index contributed by atoms with van der Waals surface area (Å²) in [5.74, 6) is -0.141. The number of H-pyrrole nitrogens is 1. The third-order valence-electron chi connectivity index (χ3n) is 3.96. The summed E-state index contributed by atoms with van der Waals surface area (Å²) in [6, 6.07) is 17.3. The van der Waals surface area contributed by atoms with E-state index >= 15 is 0 Å². The number of anilines is 1. The number of aromatic amines is 1. The number of nitrogens with zero attached hydrogens (tertiary/aromatic N) is 4. The average molecular weight is 329 g/mol. The Kier molecular flexibility index (Phi) is 3.92. The van der Waals surface area contributed by atoms with Crippen molar-refractivity contribution in [1.29, 1.82) is 0 Å². The maximum atomic E-state index is 13.0. The van der Waals surface area contributed by atoms with Crippen LogP contribution in [-0.4, -0.2) is 26.1 Å². The molecule has 0 aliphatic heterocycles. The Hall–Kier alpha value is -3.54. The van der Waals surface area contributed by atoms with Crippen LogP contribution in [0, 0.1) is 0 Å². The van der Waals surface area contributed by atoms with Crippen molar-refractivity contribution in [2.75, 3.05) is 4.90 Å². The maximum Gasteiger partial charge on any atom is 0.276 e. The van der Waals surface area contributed by atoms with Crippen LogP contribution in [0.5, 0.6) is 0 Å². The van der Waals surface area contributed by atoms with Gasteiger partial charge in [-0.05, 0) is 29.8 Å². The molecule has 0 atom stereocenters. The second kappa shape index (κ2) is 6.52. The molecule has 0 radical (unpaired) electrons. The zero-order valence-electron chi connectivity index (χ0n) is 13.3. The molecule has 1 N–H and O–H groups in total. The molecule has 4 rings (SSSR count). The van der Waals surface area contributed by atoms with Gasteiger partial charge in [0.1, 0.15) is 12.0 Å². The van der Waals surface area contributed by atoms with Crippen molar-refractivity contribution in [2.24, 2.45) is 0 Å². The standard InChI is InChI=1S/C19H15N5O/c25-19(18-8-9-22-23-18)24(12-14-4-2-1-3-5-14)16-6-7-17-15(10-16)11-20-13-21-17/h1-11,13H,12H2,(H,22,23). The fraction of sp³-hybridized carbons (Fsp3) is 0.0526. The highest BCUT2D eigenvalue weighted by atomic mass is 16.2. The molecule has 0 spiro atoms. The summed E-state index contributed by atoms with van der Waals surface area (Å²) in [6.45, 7) is 0.456. The van der Waals surface area contributed by atoms with Crippen molar-refractivity contribution < 1.29 is 4.79 Å². The van der Waals surface area contributed by atoms with E-state index in [4.69, 9.17) is 0 Å². The van der Waals surface area contributed by atoms with Crippen LogP contribution in [0.15, 0.2) is 73.3 Å². The van der Waals surface area contributed by atoms with E-state index in [2.05, 4.69) is 20.2 Å². The molecule has 0 unspecified atom stereocenters. The molecule has 0 fully saturated rings. The predicted octanol–water partition coefficient (Wildman–Crippen LogP) is 3.20. The lowest BCUT2D eigenvalue weighted by molar-refractivity contribution is 0.0980. The molecule has 2 aromatic carbocycles. The summed E-state index contributed by atoms with van der Waals surface area (Å²) in [5.41, 5.74) is 3.11. The molecule has 2 aromatic heterocycles. The predicted molar refractivity (Wildman–Crippen MR) is 95.1 cm³/mol. The Bertz CT molecular complexity index is 999. The third kappa shape index (κ3) is 3.10. The maximum absolute atomic E-state index is 13.0. The zero-order chi connectivity index (χ0) is 17.1. The first-order valence-electron chi connectivity index (χ1n) is 7.86. The summed E-state index contributed by atoms with van der Waals surface area (Å²) in [4.78, 5) is 23.0. The number of nitrogens with one attached hydrogen (secondary N) is 1. The van der Waals surface area contributed by atoms with Gasteiger partial charge in [-0.1, -0.05) is 30.3 Å². The van der Waals surface area contributed by atoms with Crippen molar-refractivity contribution in [3.8, 4) is 0 Å². The van der Waals surface area contributed by atoms with E-state index in [-0.39, 0.29) is 5.91 Å². The first-order valence-corrected chi connectivity index (χ1v) is 7.86. The smallest absolute Gasteiger partial charge is 0.276 e. The van der Waals surface area contributed by atoms with Crippen LogP contribution in [-0.2, 0) is 6.54 Å². The largest absolute Gasteiger partial charge is 0.303 e. The van der Waals surface area contributed by atoms with Gasteiger partial charge in [0, 0.05) is 23.5 Å². The van der Waals surface area contributed by atoms with Crippen molar-refractivity contribution >= 4 is 22.5 Å². The van der Waals surface area contributed by atoms with Crippen molar-refractivity contribution in [1.82, 2.24) is 20.2 Å². The van der Waals surface area contributed by atoms with Gasteiger partial charge in [-0.15, -0.1) is 0 Å². The lowest BCUT2D eigenvalue weighted by atomic mass is 10.1. The highest BCUT2D eigenvalue weighted by Crippen LogP contribution is 2.23. The fourth-order valence-corrected chi connectivity index (χ4v) is 2.71. The molecule has 6 nitrogen and oxygen atoms in total. The minimum absolute atomic E-state index is 0.141. The van der Waals surface area contributed by atoms with E-state index in [0.717, 1.165) is 22.2 Å². The highest BCUT2D eigenvalue weighted by molar-refractivity contribution is 6.05. The van der Waals surface area contributed by atoms with Gasteiger partial charge < -0.3 is 4.90 Å². The molecule has 1 amide bonds. The number of fused-ring (bicyclic) bond motifs is 1. The van der Waals surface area contributed by atoms with Crippen molar-refractivity contribution in [3.05, 3.63) is 84.6 Å². The first kappa shape index (κ1) is 15.0. The topological polar surface area (TPSA) is 74.8 Å². The average Bonchev–Trinajstić information content (AvgIpc) is 3.21. The minimum Gasteiger partial charge on any atom is -0.303 e. The van der Waals surface area contributed by atoms with Gasteiger partial charge in [-0.3, -0.25) is 9.89 Å². The second-order valence-corrected chi connectivity index (χ2v) is 5.61. The van der Waals surface area contributed by atoms with Crippen LogP contribution in [0.4, 0.5) is 5.69 Å². The van der Waals surface area contributed by atoms with E-state index < -0.39 is 0 Å². The Morgan fingerprint density at radius 3 is 2.76 bits per heavy atom. The summed E-state index contributed by atoms with van der Waals surface area (Å²) in [6.07, 6.45) is 4.83. The number of amides is 1. The van der Waals surface area contributed by atoms with Crippen LogP contribution in [0.2, 0.25) is 0 Å². The molecule has 0 aliphatic rings. The number of hydrogen-bond donors (Lipinski definition) is 1. The molecular formula is C19H15N5O. The van der Waals surface area contributed by atoms with Crippen molar-refractivity contribution in [2.45, 2.75) is 6.54 Å². The molecule has 0 saturated heterocycles. The molecule has 2 heterocycles. The van der Waals surface area contributed by atoms with Gasteiger partial charge >= 0.3 is 0 Å². The zero-order valence-corrected chi connectivity index (χ0v) is 13.3. The normalized spacial score (nSPS) is 10.7. The Labute approximate surface area is 144 Å². The lowest BCUT2D eigenvalue weighted by Gasteiger charge is -2.22. The van der Waals surface area contributed by atoms with Gasteiger partial charge in [0.15, 0.2) is 0 Å². The summed E-state index contributed by atoms with van der Waals surface area (Å²) in [5, 5.41) is 7.51. The van der Waals surface area contributed by atoms with Crippen LogP contribution in [0.1, 0.15) is 16.1 Å². The van der Waals surface area contributed by atoms with Gasteiger partial charge in [-0.25, -0.2) is 9.97 Å². The van der Waals surface area contributed by atoms with E-state index in [0.29, 0.717) is 12.2 Å². The molecular weight excluding hydrogens is 314 g/mol. The molecule has 0 aliphatic carbocycles. The number of rotatable bonds is 4. The first-order chi connectivity index (χ1) is 12.3. The summed E-state index contributed by atoms with van der Waals surface area (Å²) >= 11 is 0. The molecule has 4 aromatic rings. The van der Waals surface area contributed by atoms with Crippen LogP contribution in [0.3, 0.4) is 0 Å². The third-order valence-corrected chi connectivity index (χ3v) is 3.96. The second-order valence-electron chi connectivity index (χ2n) is 5.61. The van der Waals surface area contributed by atoms with E-state index in [1.165, 1.54) is 6.33 Å². The van der Waals surface area contributed by atoms with Crippen LogP contribution in [0.25, 0.3) is 10.9 Å². The van der Waals surface area contributed by atoms with Gasteiger partial charge in [0.25, 0.3) is 5.91 Å². The van der Waals surface area contributed by atoms with Crippen molar-refractivity contribution in [3.63, 3.8) is 0 Å². The number of carbonyl (C=O) groups is 1. The van der Waals surface area contributed by atoms with Gasteiger partial charge in [-0.2, -0.15) is 5.10 Å². The van der Waals surface area contributed by atoms with E-state index in [9.17, 15) is 4.79 Å². The Balaban J connectivity index is 1.76. The molecule has 0 bridgehead atoms. The summed E-state index contributed by atoms with van der Waals surface area (Å²) in [7, 11) is 0. The lowest BCUT2D eigenvalue weighted by Crippen LogP contribution is -2.30. The summed E-state index contributed by atoms with van der Waals surface area (Å²) < 4.78 is 0. The highest BCUT2D eigenvalue weighted by Gasteiger charge is 2.19. The van der Waals surface area contributed by atoms with E-state index in [1.807, 2.05) is 48.5 Å². The van der Waals surface area contributed by atoms with Gasteiger partial charge in [0.05, 0.1) is 12.1 Å². The SMILES string of the molecule is O=C(c1ccn[nH]1)N(Cc1ccccc1)c1ccc2ncncc2c1.